The van der Waals surface area contributed by atoms with Crippen LogP contribution < -0.4 is 0 Å². The minimum Gasteiger partial charge on any atom is -0.477 e. The van der Waals surface area contributed by atoms with Crippen LogP contribution in [0.3, 0.4) is 0 Å². The number of fused-ring (bicyclic) bond motifs is 1. The molecule has 7 heterocycles. The maximum Gasteiger partial charge on any atom is 0.400 e. The van der Waals surface area contributed by atoms with Gasteiger partial charge < -0.3 is 81.3 Å². The second kappa shape index (κ2) is 32.7. The van der Waals surface area contributed by atoms with Gasteiger partial charge >= 0.3 is 23.5 Å². The van der Waals surface area contributed by atoms with Crippen LogP contribution in [0.2, 0.25) is 25.7 Å². The Morgan fingerprint density at radius 3 is 1.43 bits per heavy atom. The molecule has 0 spiro atoms. The minimum absolute atomic E-state index is 0.139. The van der Waals surface area contributed by atoms with Crippen LogP contribution >= 0.6 is 0 Å². The van der Waals surface area contributed by atoms with Gasteiger partial charge in [-0.15, -0.1) is 0 Å². The van der Waals surface area contributed by atoms with Gasteiger partial charge in [-0.05, 0) is 53.4 Å². The number of ether oxygens (including phenoxy) is 15. The van der Waals surface area contributed by atoms with E-state index in [0.717, 1.165) is 65.9 Å². The number of aliphatic carboxylic acids is 1. The Hall–Kier alpha value is -2.42. The van der Waals surface area contributed by atoms with Gasteiger partial charge in [0.15, 0.2) is 0 Å². The predicted molar refractivity (Wildman–Crippen MR) is 253 cm³/mol. The molecule has 0 aromatic heterocycles. The number of epoxide rings is 6. The summed E-state index contributed by atoms with van der Waals surface area (Å²) in [6.45, 7) is 28.0. The van der Waals surface area contributed by atoms with Crippen molar-refractivity contribution in [1.29, 1.82) is 0 Å². The second-order valence-electron chi connectivity index (χ2n) is 19.9. The first kappa shape index (κ1) is 61.9. The molecule has 22 heteroatoms. The van der Waals surface area contributed by atoms with Crippen molar-refractivity contribution in [3.63, 3.8) is 0 Å². The lowest BCUT2D eigenvalue weighted by molar-refractivity contribution is -0.199. The Labute approximate surface area is 415 Å². The van der Waals surface area contributed by atoms with Crippen molar-refractivity contribution in [2.75, 3.05) is 126 Å². The highest BCUT2D eigenvalue weighted by Crippen LogP contribution is 2.36. The number of hydrogen-bond donors (Lipinski definition) is 2. The number of hydrogen-bond acceptors (Lipinski definition) is 20. The number of esters is 2. The summed E-state index contributed by atoms with van der Waals surface area (Å²) in [7, 11) is -0.830. The highest BCUT2D eigenvalue weighted by atomic mass is 28.3. The number of aliphatic hydroxyl groups is 1. The SMILES string of the molecule is C(COCC1CO1)OCC1CO1.C1CCC2OC2C1.CC(C)(COCC1CO1)OCC1CO1.CCC1(CO)COC1.CCOC(=O)C(OC=O)(C(=O)O)C(=O)OCC.C[Si](C)(C)CCCOCC1CO1. The van der Waals surface area contributed by atoms with E-state index in [1.807, 2.05) is 13.8 Å². The number of carboxylic acid groups (broad SMARTS) is 1. The van der Waals surface area contributed by atoms with Crippen LogP contribution in [0.25, 0.3) is 0 Å². The second-order valence-corrected chi connectivity index (χ2v) is 25.5. The van der Waals surface area contributed by atoms with Crippen molar-refractivity contribution in [3.8, 4) is 0 Å². The highest BCUT2D eigenvalue weighted by molar-refractivity contribution is 6.76. The predicted octanol–water partition coefficient (Wildman–Crippen LogP) is 3.39. The Morgan fingerprint density at radius 2 is 1.11 bits per heavy atom. The van der Waals surface area contributed by atoms with Crippen LogP contribution in [0, 0.1) is 5.41 Å². The average Bonchev–Trinajstić information content (AvgIpc) is 4.08. The zero-order chi connectivity index (χ0) is 51.5. The Bertz CT molecular complexity index is 1400. The smallest absolute Gasteiger partial charge is 0.400 e. The van der Waals surface area contributed by atoms with Crippen LogP contribution in [0.15, 0.2) is 0 Å². The summed E-state index contributed by atoms with van der Waals surface area (Å²) in [5, 5.41) is 17.6. The number of carbonyl (C=O) groups is 4. The van der Waals surface area contributed by atoms with Gasteiger partial charge in [0.2, 0.25) is 0 Å². The summed E-state index contributed by atoms with van der Waals surface area (Å²) >= 11 is 0. The molecule has 21 nitrogen and oxygen atoms in total. The normalized spacial score (nSPS) is 25.6. The van der Waals surface area contributed by atoms with Crippen LogP contribution in [-0.4, -0.2) is 222 Å². The van der Waals surface area contributed by atoms with E-state index in [4.69, 9.17) is 67.1 Å². The fourth-order valence-electron chi connectivity index (χ4n) is 6.20. The third-order valence-electron chi connectivity index (χ3n) is 11.4. The van der Waals surface area contributed by atoms with Crippen LogP contribution in [0.1, 0.15) is 73.1 Å². The lowest BCUT2D eigenvalue weighted by atomic mass is 9.84. The van der Waals surface area contributed by atoms with Crippen molar-refractivity contribution in [1.82, 2.24) is 0 Å². The largest absolute Gasteiger partial charge is 0.477 e. The van der Waals surface area contributed by atoms with Crippen molar-refractivity contribution in [2.45, 2.75) is 153 Å². The third-order valence-corrected chi connectivity index (χ3v) is 13.2. The Morgan fingerprint density at radius 1 is 0.686 bits per heavy atom. The molecule has 0 amide bonds. The van der Waals surface area contributed by atoms with Gasteiger partial charge in [-0.3, -0.25) is 4.79 Å². The van der Waals surface area contributed by atoms with E-state index >= 15 is 0 Å². The molecule has 70 heavy (non-hydrogen) atoms. The molecule has 7 unspecified atom stereocenters. The molecule has 1 aliphatic carbocycles. The number of carboxylic acids is 1. The Kier molecular flexibility index (Phi) is 28.9. The molecule has 408 valence electrons. The lowest BCUT2D eigenvalue weighted by Crippen LogP contribution is -2.57. The molecule has 0 aromatic carbocycles. The Balaban J connectivity index is 0.000000226. The molecule has 2 N–H and O–H groups in total. The van der Waals surface area contributed by atoms with Crippen molar-refractivity contribution in [3.05, 3.63) is 0 Å². The van der Waals surface area contributed by atoms with Gasteiger partial charge in [-0.25, -0.2) is 14.4 Å². The molecule has 7 saturated heterocycles. The molecular weight excluding hydrogens is 941 g/mol. The topological polar surface area (TPSA) is 267 Å². The molecule has 8 aliphatic rings. The van der Waals surface area contributed by atoms with Crippen LogP contribution in [0.4, 0.5) is 0 Å². The average molecular weight is 1030 g/mol. The summed E-state index contributed by atoms with van der Waals surface area (Å²) in [5.74, 6) is -5.02. The standard InChI is InChI=1S/C10H18O4.C9H12O8.C9H20O2Si.C8H14O4.C6H12O2.C6H10O/c1-10(2,14-6-9-5-13-9)7-11-3-8-4-12-8;1-3-15-7(13)9(6(11)12,17-5-10)8(14)16-4-2;1-12(2,3)6-4-5-10-7-9-8-11-9;1(9-3-7-5-11-7)2-10-4-8-6-12-8;1-2-6(3-7)4-8-5-6;1-2-4-6-5(3-1)7-6/h8-9H,3-7H2,1-2H3;5H,3-4H2,1-2H3,(H,11,12);9H,4-8H2,1-3H3;7-8H,1-6H2;7H,2-5H2,1H3;5-6H,1-4H2. The monoisotopic (exact) mass is 1030 g/mol. The van der Waals surface area contributed by atoms with E-state index in [2.05, 4.69) is 40.8 Å². The maximum atomic E-state index is 11.4. The first-order valence-corrected chi connectivity index (χ1v) is 28.7. The summed E-state index contributed by atoms with van der Waals surface area (Å²) in [4.78, 5) is 44.0. The van der Waals surface area contributed by atoms with Crippen molar-refractivity contribution < 1.29 is 100 Å². The maximum absolute atomic E-state index is 11.4. The van der Waals surface area contributed by atoms with Crippen molar-refractivity contribution >= 4 is 32.5 Å². The van der Waals surface area contributed by atoms with Crippen molar-refractivity contribution in [2.24, 2.45) is 5.41 Å². The molecular formula is C48H86O21Si. The highest BCUT2D eigenvalue weighted by Gasteiger charge is 2.60. The number of aliphatic hydroxyl groups excluding tert-OH is 1. The van der Waals surface area contributed by atoms with E-state index in [9.17, 15) is 19.2 Å². The third kappa shape index (κ3) is 28.1. The molecule has 1 saturated carbocycles. The molecule has 7 aliphatic heterocycles. The lowest BCUT2D eigenvalue weighted by Gasteiger charge is -2.38. The van der Waals surface area contributed by atoms with Gasteiger partial charge in [-0.2, -0.15) is 0 Å². The van der Waals surface area contributed by atoms with E-state index < -0.39 is 31.6 Å². The number of carbonyl (C=O) groups excluding carboxylic acids is 3. The zero-order valence-corrected chi connectivity index (χ0v) is 44.2. The quantitative estimate of drug-likeness (QED) is 0.0207. The van der Waals surface area contributed by atoms with Gasteiger partial charge in [0, 0.05) is 20.1 Å². The molecule has 0 bridgehead atoms. The van der Waals surface area contributed by atoms with Gasteiger partial charge in [0.1, 0.15) is 30.5 Å². The van der Waals surface area contributed by atoms with Crippen LogP contribution in [-0.2, 0) is 90.2 Å². The summed E-state index contributed by atoms with van der Waals surface area (Å²) < 4.78 is 75.3. The fraction of sp³-hybridized carbons (Fsp3) is 0.917. The fourth-order valence-corrected chi connectivity index (χ4v) is 7.41. The molecule has 0 aromatic rings. The summed E-state index contributed by atoms with van der Waals surface area (Å²) in [6.07, 6.45) is 10.9. The molecule has 0 radical (unpaired) electrons. The first-order valence-electron chi connectivity index (χ1n) is 25.0. The minimum atomic E-state index is -3.10. The summed E-state index contributed by atoms with van der Waals surface area (Å²) in [6, 6.07) is 1.37. The molecule has 8 rings (SSSR count). The van der Waals surface area contributed by atoms with Gasteiger partial charge in [0.25, 0.3) is 6.47 Å². The van der Waals surface area contributed by atoms with Gasteiger partial charge in [-0.1, -0.05) is 45.5 Å². The number of rotatable bonds is 29. The van der Waals surface area contributed by atoms with E-state index in [1.54, 1.807) is 0 Å². The molecule has 7 atom stereocenters. The zero-order valence-electron chi connectivity index (χ0n) is 43.2. The van der Waals surface area contributed by atoms with Gasteiger partial charge in [0.05, 0.1) is 137 Å². The van der Waals surface area contributed by atoms with E-state index in [-0.39, 0.29) is 37.3 Å². The van der Waals surface area contributed by atoms with E-state index in [0.29, 0.717) is 89.0 Å². The first-order chi connectivity index (χ1) is 33.4. The molecule has 8 fully saturated rings. The van der Waals surface area contributed by atoms with Crippen LogP contribution in [0.5, 0.6) is 0 Å². The van der Waals surface area contributed by atoms with E-state index in [1.165, 1.54) is 52.0 Å². The summed E-state index contributed by atoms with van der Waals surface area (Å²) in [5.41, 5.74) is -3.19.